The summed E-state index contributed by atoms with van der Waals surface area (Å²) in [6, 6.07) is 0.809. The second-order valence-corrected chi connectivity index (χ2v) is 4.63. The lowest BCUT2D eigenvalue weighted by Crippen LogP contribution is -2.32. The van der Waals surface area contributed by atoms with E-state index in [2.05, 4.69) is 9.97 Å². The summed E-state index contributed by atoms with van der Waals surface area (Å²) in [6.45, 7) is 1.82. The van der Waals surface area contributed by atoms with Crippen LogP contribution in [0.25, 0.3) is 0 Å². The van der Waals surface area contributed by atoms with Gasteiger partial charge in [-0.15, -0.1) is 0 Å². The molecule has 0 aliphatic heterocycles. The summed E-state index contributed by atoms with van der Waals surface area (Å²) in [6.07, 6.45) is 0. The Labute approximate surface area is 102 Å². The molecule has 0 fully saturated rings. The van der Waals surface area contributed by atoms with Crippen molar-refractivity contribution in [1.82, 2.24) is 9.97 Å². The molecule has 1 aromatic rings. The second kappa shape index (κ2) is 6.03. The number of nitrogens with two attached hydrogens (primary N) is 1. The van der Waals surface area contributed by atoms with Gasteiger partial charge in [-0.25, -0.2) is 9.97 Å². The minimum atomic E-state index is -1.00. The summed E-state index contributed by atoms with van der Waals surface area (Å²) in [5.41, 5.74) is 6.14. The van der Waals surface area contributed by atoms with Crippen LogP contribution in [0.3, 0.4) is 0 Å². The lowest BCUT2D eigenvalue weighted by molar-refractivity contribution is -0.137. The fourth-order valence-corrected chi connectivity index (χ4v) is 2.08. The van der Waals surface area contributed by atoms with Gasteiger partial charge in [-0.1, -0.05) is 11.6 Å². The van der Waals surface area contributed by atoms with Crippen LogP contribution in [-0.2, 0) is 10.5 Å². The lowest BCUT2D eigenvalue weighted by atomic mass is 10.4. The normalized spacial score (nSPS) is 12.4. The molecule has 0 saturated heterocycles. The highest BCUT2D eigenvalue weighted by Crippen LogP contribution is 2.13. The van der Waals surface area contributed by atoms with Gasteiger partial charge < -0.3 is 10.8 Å². The Morgan fingerprint density at radius 2 is 2.38 bits per heavy atom. The molecule has 1 heterocycles. The number of rotatable bonds is 5. The number of carbonyl (C=O) groups is 1. The molecule has 0 saturated carbocycles. The Morgan fingerprint density at radius 1 is 1.69 bits per heavy atom. The molecule has 0 amide bonds. The quantitative estimate of drug-likeness (QED) is 0.771. The third-order valence-corrected chi connectivity index (χ3v) is 2.97. The zero-order chi connectivity index (χ0) is 12.1. The third-order valence-electron chi connectivity index (χ3n) is 1.72. The third kappa shape index (κ3) is 4.34. The maximum absolute atomic E-state index is 10.5. The molecular weight excluding hydrogens is 250 g/mol. The van der Waals surface area contributed by atoms with Gasteiger partial charge in [0.05, 0.1) is 5.75 Å². The number of aryl methyl sites for hydroxylation is 1. The van der Waals surface area contributed by atoms with Gasteiger partial charge >= 0.3 is 5.97 Å². The minimum Gasteiger partial charge on any atom is -0.480 e. The molecule has 0 aliphatic carbocycles. The van der Waals surface area contributed by atoms with E-state index in [0.717, 1.165) is 5.69 Å². The highest BCUT2D eigenvalue weighted by atomic mass is 35.5. The van der Waals surface area contributed by atoms with Crippen molar-refractivity contribution in [3.05, 3.63) is 22.7 Å². The molecule has 3 N–H and O–H groups in total. The summed E-state index contributed by atoms with van der Waals surface area (Å²) in [5.74, 6) is 0.412. The van der Waals surface area contributed by atoms with E-state index in [4.69, 9.17) is 22.4 Å². The van der Waals surface area contributed by atoms with E-state index in [9.17, 15) is 4.79 Å². The molecule has 16 heavy (non-hydrogen) atoms. The van der Waals surface area contributed by atoms with Gasteiger partial charge in [0.1, 0.15) is 17.0 Å². The minimum absolute atomic E-state index is 0.324. The highest BCUT2D eigenvalue weighted by molar-refractivity contribution is 7.98. The van der Waals surface area contributed by atoms with Gasteiger partial charge in [0, 0.05) is 11.4 Å². The number of carboxylic acid groups (broad SMARTS) is 1. The van der Waals surface area contributed by atoms with Crippen LogP contribution < -0.4 is 5.73 Å². The van der Waals surface area contributed by atoms with Crippen molar-refractivity contribution in [2.75, 3.05) is 5.75 Å². The average molecular weight is 262 g/mol. The first-order chi connectivity index (χ1) is 7.49. The summed E-state index contributed by atoms with van der Waals surface area (Å²) >= 11 is 7.13. The van der Waals surface area contributed by atoms with E-state index in [1.165, 1.54) is 11.8 Å². The predicted octanol–water partition coefficient (Wildman–Crippen LogP) is 1.08. The lowest BCUT2D eigenvalue weighted by Gasteiger charge is -2.05. The number of nitrogens with zero attached hydrogens (tertiary/aromatic N) is 2. The van der Waals surface area contributed by atoms with E-state index in [0.29, 0.717) is 22.5 Å². The molecule has 0 radical (unpaired) electrons. The number of halogens is 1. The van der Waals surface area contributed by atoms with Crippen LogP contribution in [0, 0.1) is 6.92 Å². The molecule has 0 aromatic carbocycles. The maximum atomic E-state index is 10.5. The Balaban J connectivity index is 2.46. The Kier molecular flexibility index (Phi) is 4.98. The highest BCUT2D eigenvalue weighted by Gasteiger charge is 2.11. The molecule has 1 aromatic heterocycles. The van der Waals surface area contributed by atoms with Crippen LogP contribution in [0.2, 0.25) is 5.15 Å². The number of aliphatic carboxylic acids is 1. The van der Waals surface area contributed by atoms with E-state index < -0.39 is 12.0 Å². The zero-order valence-electron chi connectivity index (χ0n) is 8.68. The van der Waals surface area contributed by atoms with Gasteiger partial charge in [0.15, 0.2) is 0 Å². The monoisotopic (exact) mass is 261 g/mol. The predicted molar refractivity (Wildman–Crippen MR) is 63.6 cm³/mol. The van der Waals surface area contributed by atoms with Gasteiger partial charge in [-0.2, -0.15) is 11.8 Å². The van der Waals surface area contributed by atoms with Gasteiger partial charge in [0.2, 0.25) is 0 Å². The Bertz CT molecular complexity index is 369. The zero-order valence-corrected chi connectivity index (χ0v) is 10.3. The van der Waals surface area contributed by atoms with Crippen molar-refractivity contribution in [1.29, 1.82) is 0 Å². The summed E-state index contributed by atoms with van der Waals surface area (Å²) < 4.78 is 0. The van der Waals surface area contributed by atoms with Crippen molar-refractivity contribution >= 4 is 29.3 Å². The van der Waals surface area contributed by atoms with Crippen LogP contribution in [0.4, 0.5) is 0 Å². The maximum Gasteiger partial charge on any atom is 0.321 e. The fraction of sp³-hybridized carbons (Fsp3) is 0.444. The number of carboxylic acids is 1. The van der Waals surface area contributed by atoms with Crippen LogP contribution in [-0.4, -0.2) is 32.8 Å². The Hall–Kier alpha value is -0.850. The molecule has 1 atom stereocenters. The number of hydrogen-bond acceptors (Lipinski definition) is 5. The van der Waals surface area contributed by atoms with Crippen LogP contribution in [0.5, 0.6) is 0 Å². The summed E-state index contributed by atoms with van der Waals surface area (Å²) in [7, 11) is 0. The largest absolute Gasteiger partial charge is 0.480 e. The number of thioether (sulfide) groups is 1. The average Bonchev–Trinajstić information content (AvgIpc) is 2.15. The fourth-order valence-electron chi connectivity index (χ4n) is 1.00. The molecule has 88 valence electrons. The number of hydrogen-bond donors (Lipinski definition) is 2. The van der Waals surface area contributed by atoms with Crippen LogP contribution >= 0.6 is 23.4 Å². The van der Waals surface area contributed by atoms with E-state index in [-0.39, 0.29) is 0 Å². The van der Waals surface area contributed by atoms with Crippen molar-refractivity contribution < 1.29 is 9.90 Å². The number of aromatic nitrogens is 2. The summed E-state index contributed by atoms with van der Waals surface area (Å²) in [5, 5.41) is 8.97. The standard InChI is InChI=1S/C9H12ClN3O2S/c1-5-2-7(10)13-8(12-5)4-16-3-6(11)9(14)15/h2,6H,3-4,11H2,1H3,(H,14,15)/t6-/m1/s1. The van der Waals surface area contributed by atoms with E-state index >= 15 is 0 Å². The molecule has 0 unspecified atom stereocenters. The first kappa shape index (κ1) is 13.2. The topological polar surface area (TPSA) is 89.1 Å². The molecule has 1 rings (SSSR count). The first-order valence-electron chi connectivity index (χ1n) is 4.55. The van der Waals surface area contributed by atoms with Crippen molar-refractivity contribution in [3.8, 4) is 0 Å². The molecule has 0 bridgehead atoms. The van der Waals surface area contributed by atoms with Gasteiger partial charge in [-0.05, 0) is 13.0 Å². The smallest absolute Gasteiger partial charge is 0.321 e. The Morgan fingerprint density at radius 3 is 2.94 bits per heavy atom. The summed E-state index contributed by atoms with van der Waals surface area (Å²) in [4.78, 5) is 18.7. The van der Waals surface area contributed by atoms with Crippen molar-refractivity contribution in [3.63, 3.8) is 0 Å². The molecule has 0 aliphatic rings. The van der Waals surface area contributed by atoms with Gasteiger partial charge in [0.25, 0.3) is 0 Å². The molecule has 5 nitrogen and oxygen atoms in total. The van der Waals surface area contributed by atoms with Crippen LogP contribution in [0.15, 0.2) is 6.07 Å². The SMILES string of the molecule is Cc1cc(Cl)nc(CSC[C@@H](N)C(=O)O)n1. The molecule has 7 heteroatoms. The van der Waals surface area contributed by atoms with E-state index in [1.807, 2.05) is 6.92 Å². The second-order valence-electron chi connectivity index (χ2n) is 3.21. The molecule has 0 spiro atoms. The van der Waals surface area contributed by atoms with Crippen molar-refractivity contribution in [2.45, 2.75) is 18.7 Å². The van der Waals surface area contributed by atoms with Crippen molar-refractivity contribution in [2.24, 2.45) is 5.73 Å². The molecular formula is C9H12ClN3O2S. The van der Waals surface area contributed by atoms with Crippen LogP contribution in [0.1, 0.15) is 11.5 Å². The van der Waals surface area contributed by atoms with E-state index in [1.54, 1.807) is 6.07 Å². The van der Waals surface area contributed by atoms with Gasteiger partial charge in [-0.3, -0.25) is 4.79 Å². The first-order valence-corrected chi connectivity index (χ1v) is 6.08.